The number of carbonyl (C=O) groups excluding carboxylic acids is 1. The van der Waals surface area contributed by atoms with E-state index in [0.717, 1.165) is 8.95 Å². The Balaban J connectivity index is 2.46. The van der Waals surface area contributed by atoms with Crippen LogP contribution in [0.1, 0.15) is 21.7 Å². The van der Waals surface area contributed by atoms with Crippen LogP contribution in [0.2, 0.25) is 0 Å². The van der Waals surface area contributed by atoms with Crippen molar-refractivity contribution in [3.63, 3.8) is 0 Å². The van der Waals surface area contributed by atoms with E-state index in [0.29, 0.717) is 21.4 Å². The quantitative estimate of drug-likeness (QED) is 0.529. The highest BCUT2D eigenvalue weighted by molar-refractivity contribution is 9.13. The molecule has 1 heterocycles. The van der Waals surface area contributed by atoms with Crippen LogP contribution in [0, 0.1) is 0 Å². The number of nitrogens with zero attached hydrogens (tertiary/aromatic N) is 1. The van der Waals surface area contributed by atoms with Crippen LogP contribution in [0.5, 0.6) is 0 Å². The number of rotatable bonds is 4. The van der Waals surface area contributed by atoms with E-state index in [2.05, 4.69) is 47.8 Å². The summed E-state index contributed by atoms with van der Waals surface area (Å²) in [5.41, 5.74) is 1.52. The van der Waals surface area contributed by atoms with Crippen molar-refractivity contribution in [3.8, 4) is 0 Å². The molecule has 0 saturated carbocycles. The Labute approximate surface area is 146 Å². The maximum atomic E-state index is 12.7. The number of carboxylic acid groups (broad SMARTS) is 1. The minimum Gasteiger partial charge on any atom is -0.481 e. The van der Waals surface area contributed by atoms with Gasteiger partial charge in [0.15, 0.2) is 0 Å². The van der Waals surface area contributed by atoms with Crippen LogP contribution in [0.3, 0.4) is 0 Å². The topological polar surface area (TPSA) is 59.3 Å². The molecule has 0 aliphatic heterocycles. The molecule has 0 fully saturated rings. The summed E-state index contributed by atoms with van der Waals surface area (Å²) in [6.07, 6.45) is -0.118. The molecule has 0 atom stereocenters. The molecule has 0 aliphatic carbocycles. The zero-order valence-corrected chi connectivity index (χ0v) is 15.6. The first-order chi connectivity index (χ1) is 9.81. The summed E-state index contributed by atoms with van der Waals surface area (Å²) in [4.78, 5) is 23.4. The molecule has 1 aromatic heterocycles. The summed E-state index contributed by atoms with van der Waals surface area (Å²) in [6.45, 7) is 0. The molecule has 0 saturated heterocycles. The maximum Gasteiger partial charge on any atom is 0.309 e. The molecule has 2 aromatic rings. The second-order valence-corrected chi connectivity index (χ2v) is 6.98. The van der Waals surface area contributed by atoms with E-state index in [9.17, 15) is 9.59 Å². The van der Waals surface area contributed by atoms with Crippen LogP contribution >= 0.6 is 47.8 Å². The van der Waals surface area contributed by atoms with Gasteiger partial charge in [-0.15, -0.1) is 0 Å². The highest BCUT2D eigenvalue weighted by atomic mass is 79.9. The predicted molar refractivity (Wildman–Crippen MR) is 89.7 cm³/mol. The Kier molecular flexibility index (Phi) is 5.06. The van der Waals surface area contributed by atoms with Crippen molar-refractivity contribution in [2.45, 2.75) is 6.42 Å². The van der Waals surface area contributed by atoms with Crippen LogP contribution in [0.4, 0.5) is 0 Å². The molecule has 0 spiro atoms. The summed E-state index contributed by atoms with van der Waals surface area (Å²) < 4.78 is 3.82. The minimum atomic E-state index is -0.929. The van der Waals surface area contributed by atoms with E-state index in [1.165, 1.54) is 0 Å². The average Bonchev–Trinajstić information content (AvgIpc) is 2.74. The first-order valence-corrected chi connectivity index (χ1v) is 8.24. The molecular formula is C14H10Br3NO3. The van der Waals surface area contributed by atoms with Gasteiger partial charge in [-0.3, -0.25) is 9.59 Å². The second kappa shape index (κ2) is 6.46. The largest absolute Gasteiger partial charge is 0.481 e. The van der Waals surface area contributed by atoms with Crippen LogP contribution in [-0.4, -0.2) is 21.4 Å². The molecule has 110 valence electrons. The molecule has 1 N–H and O–H groups in total. The fourth-order valence-corrected chi connectivity index (χ4v) is 3.61. The number of carbonyl (C=O) groups is 2. The number of ketones is 1. The van der Waals surface area contributed by atoms with Gasteiger partial charge in [0.25, 0.3) is 0 Å². The van der Waals surface area contributed by atoms with Gasteiger partial charge in [0.1, 0.15) is 0 Å². The third kappa shape index (κ3) is 3.46. The third-order valence-corrected chi connectivity index (χ3v) is 5.50. The Bertz CT molecular complexity index is 737. The lowest BCUT2D eigenvalue weighted by atomic mass is 10.1. The van der Waals surface area contributed by atoms with Crippen LogP contribution in [-0.2, 0) is 18.3 Å². The molecule has 21 heavy (non-hydrogen) atoms. The van der Waals surface area contributed by atoms with Gasteiger partial charge < -0.3 is 9.67 Å². The smallest absolute Gasteiger partial charge is 0.309 e. The van der Waals surface area contributed by atoms with E-state index in [1.807, 2.05) is 6.07 Å². The number of hydrogen-bond donors (Lipinski definition) is 1. The van der Waals surface area contributed by atoms with Crippen LogP contribution in [0.15, 0.2) is 37.7 Å². The first kappa shape index (κ1) is 16.5. The van der Waals surface area contributed by atoms with E-state index in [4.69, 9.17) is 5.11 Å². The molecule has 0 unspecified atom stereocenters. The SMILES string of the molecule is Cn1c(CC(=O)O)ccc1C(=O)c1cc(Br)cc(Br)c1Br. The normalized spacial score (nSPS) is 10.7. The standard InChI is InChI=1S/C14H10Br3NO3/c1-18-8(6-12(19)20)2-3-11(18)14(21)9-4-7(15)5-10(16)13(9)17/h2-5H,6H2,1H3,(H,19,20). The van der Waals surface area contributed by atoms with Crippen molar-refractivity contribution in [1.29, 1.82) is 0 Å². The third-order valence-electron chi connectivity index (χ3n) is 3.03. The molecule has 0 radical (unpaired) electrons. The fraction of sp³-hybridized carbons (Fsp3) is 0.143. The molecule has 2 rings (SSSR count). The van der Waals surface area contributed by atoms with Crippen molar-refractivity contribution in [1.82, 2.24) is 4.57 Å². The molecular weight excluding hydrogens is 470 g/mol. The number of carboxylic acids is 1. The van der Waals surface area contributed by atoms with Crippen molar-refractivity contribution in [2.24, 2.45) is 7.05 Å². The monoisotopic (exact) mass is 477 g/mol. The average molecular weight is 480 g/mol. The predicted octanol–water partition coefficient (Wildman–Crippen LogP) is 4.17. The Morgan fingerprint density at radius 2 is 1.86 bits per heavy atom. The Hall–Kier alpha value is -0.920. The molecule has 7 heteroatoms. The molecule has 0 bridgehead atoms. The van der Waals surface area contributed by atoms with Gasteiger partial charge in [0.05, 0.1) is 12.1 Å². The van der Waals surface area contributed by atoms with Crippen LogP contribution in [0.25, 0.3) is 0 Å². The highest BCUT2D eigenvalue weighted by Crippen LogP contribution is 2.32. The zero-order valence-electron chi connectivity index (χ0n) is 10.9. The number of aromatic nitrogens is 1. The maximum absolute atomic E-state index is 12.7. The Morgan fingerprint density at radius 1 is 1.19 bits per heavy atom. The van der Waals surface area contributed by atoms with Gasteiger partial charge >= 0.3 is 5.97 Å². The highest BCUT2D eigenvalue weighted by Gasteiger charge is 2.19. The molecule has 4 nitrogen and oxygen atoms in total. The lowest BCUT2D eigenvalue weighted by molar-refractivity contribution is -0.136. The second-order valence-electron chi connectivity index (χ2n) is 4.42. The van der Waals surface area contributed by atoms with Gasteiger partial charge in [-0.2, -0.15) is 0 Å². The van der Waals surface area contributed by atoms with Gasteiger partial charge in [-0.25, -0.2) is 0 Å². The van der Waals surface area contributed by atoms with Gasteiger partial charge in [-0.1, -0.05) is 15.9 Å². The van der Waals surface area contributed by atoms with Gasteiger partial charge in [0.2, 0.25) is 5.78 Å². The van der Waals surface area contributed by atoms with Crippen molar-refractivity contribution >= 4 is 59.5 Å². The van der Waals surface area contributed by atoms with E-state index >= 15 is 0 Å². The van der Waals surface area contributed by atoms with Crippen molar-refractivity contribution in [2.75, 3.05) is 0 Å². The summed E-state index contributed by atoms with van der Waals surface area (Å²) in [6, 6.07) is 6.85. The summed E-state index contributed by atoms with van der Waals surface area (Å²) in [5, 5.41) is 8.85. The number of benzene rings is 1. The summed E-state index contributed by atoms with van der Waals surface area (Å²) in [7, 11) is 1.69. The van der Waals surface area contributed by atoms with E-state index in [-0.39, 0.29) is 12.2 Å². The van der Waals surface area contributed by atoms with Crippen molar-refractivity contribution in [3.05, 3.63) is 54.6 Å². The fourth-order valence-electron chi connectivity index (χ4n) is 1.97. The van der Waals surface area contributed by atoms with Crippen molar-refractivity contribution < 1.29 is 14.7 Å². The Morgan fingerprint density at radius 3 is 2.48 bits per heavy atom. The van der Waals surface area contributed by atoms with Gasteiger partial charge in [-0.05, 0) is 56.1 Å². The molecule has 0 amide bonds. The van der Waals surface area contributed by atoms with Gasteiger partial charge in [0, 0.05) is 31.7 Å². The van der Waals surface area contributed by atoms with E-state index < -0.39 is 5.97 Å². The minimum absolute atomic E-state index is 0.118. The lowest BCUT2D eigenvalue weighted by Crippen LogP contribution is -2.12. The number of aliphatic carboxylic acids is 1. The molecule has 0 aliphatic rings. The molecule has 1 aromatic carbocycles. The summed E-state index contributed by atoms with van der Waals surface area (Å²) in [5.74, 6) is -1.11. The first-order valence-electron chi connectivity index (χ1n) is 5.87. The van der Waals surface area contributed by atoms with E-state index in [1.54, 1.807) is 29.8 Å². The zero-order chi connectivity index (χ0) is 15.7. The summed E-state index contributed by atoms with van der Waals surface area (Å²) >= 11 is 10.1. The number of halogens is 3. The van der Waals surface area contributed by atoms with Crippen LogP contribution < -0.4 is 0 Å². The lowest BCUT2D eigenvalue weighted by Gasteiger charge is -2.09. The number of hydrogen-bond acceptors (Lipinski definition) is 2.